The topological polar surface area (TPSA) is 63.0 Å². The number of nitrogens with one attached hydrogen (secondary N) is 1. The summed E-state index contributed by atoms with van der Waals surface area (Å²) >= 11 is 1.81. The summed E-state index contributed by atoms with van der Waals surface area (Å²) in [6.07, 6.45) is -0.334. The molecule has 51 heavy (non-hydrogen) atoms. The molecule has 11 rings (SSSR count). The van der Waals surface area contributed by atoms with Gasteiger partial charge in [-0.1, -0.05) is 115 Å². The largest absolute Gasteiger partial charge is 0.456 e. The summed E-state index contributed by atoms with van der Waals surface area (Å²) in [7, 11) is 0. The van der Waals surface area contributed by atoms with Crippen molar-refractivity contribution in [1.29, 1.82) is 0 Å². The average molecular weight is 674 g/mol. The number of nitrogens with zero attached hydrogens (tertiary/aromatic N) is 2. The number of benzene rings is 7. The zero-order valence-electron chi connectivity index (χ0n) is 27.1. The van der Waals surface area contributed by atoms with Crippen molar-refractivity contribution >= 4 is 87.1 Å². The Bertz CT molecular complexity index is 3060. The van der Waals surface area contributed by atoms with Crippen LogP contribution in [0.2, 0.25) is 0 Å². The van der Waals surface area contributed by atoms with Crippen molar-refractivity contribution in [3.05, 3.63) is 168 Å². The molecule has 3 aromatic heterocycles. The second-order valence-corrected chi connectivity index (χ2v) is 14.0. The molecule has 1 unspecified atom stereocenters. The second-order valence-electron chi connectivity index (χ2n) is 13.0. The fraction of sp³-hybridized carbons (Fsp3) is 0.0222. The molecule has 0 radical (unpaired) electrons. The SMILES string of the molecule is c1ccc(C2N=C(c3ccc(-c4ccc5oc6ccccc6c5c4)cc3)N=C(c3cc4c5ccccc5sc4c4c3oc3ccccc34)N2)cc1. The molecular formula is C45H27N3O2S. The monoisotopic (exact) mass is 673 g/mol. The van der Waals surface area contributed by atoms with Crippen LogP contribution in [0.5, 0.6) is 0 Å². The minimum Gasteiger partial charge on any atom is -0.456 e. The smallest absolute Gasteiger partial charge is 0.159 e. The Morgan fingerprint density at radius 1 is 0.529 bits per heavy atom. The molecule has 1 atom stereocenters. The molecule has 0 amide bonds. The van der Waals surface area contributed by atoms with Crippen LogP contribution >= 0.6 is 11.3 Å². The van der Waals surface area contributed by atoms with Gasteiger partial charge >= 0.3 is 0 Å². The van der Waals surface area contributed by atoms with Crippen LogP contribution in [0, 0.1) is 0 Å². The van der Waals surface area contributed by atoms with E-state index in [1.807, 2.05) is 53.8 Å². The Labute approximate surface area is 295 Å². The van der Waals surface area contributed by atoms with Crippen molar-refractivity contribution in [1.82, 2.24) is 5.32 Å². The third-order valence-electron chi connectivity index (χ3n) is 9.96. The number of para-hydroxylation sites is 2. The zero-order valence-corrected chi connectivity index (χ0v) is 27.9. The van der Waals surface area contributed by atoms with E-state index in [4.69, 9.17) is 18.8 Å². The molecule has 7 aromatic carbocycles. The predicted octanol–water partition coefficient (Wildman–Crippen LogP) is 12.0. The molecular weight excluding hydrogens is 647 g/mol. The van der Waals surface area contributed by atoms with E-state index < -0.39 is 0 Å². The summed E-state index contributed by atoms with van der Waals surface area (Å²) in [5.74, 6) is 1.40. The number of hydrogen-bond acceptors (Lipinski definition) is 6. The number of aliphatic imine (C=N–C) groups is 2. The van der Waals surface area contributed by atoms with Crippen LogP contribution in [0.25, 0.3) is 75.2 Å². The first-order valence-corrected chi connectivity index (χ1v) is 17.8. The van der Waals surface area contributed by atoms with Gasteiger partial charge in [-0.3, -0.25) is 0 Å². The van der Waals surface area contributed by atoms with Gasteiger partial charge in [-0.15, -0.1) is 11.3 Å². The fourth-order valence-electron chi connectivity index (χ4n) is 7.48. The zero-order chi connectivity index (χ0) is 33.5. The molecule has 240 valence electrons. The van der Waals surface area contributed by atoms with Crippen LogP contribution in [0.1, 0.15) is 22.9 Å². The molecule has 10 aromatic rings. The Kier molecular flexibility index (Phi) is 6.12. The molecule has 0 aliphatic carbocycles. The number of amidine groups is 2. The highest BCUT2D eigenvalue weighted by Gasteiger charge is 2.26. The first kappa shape index (κ1) is 28.3. The van der Waals surface area contributed by atoms with Crippen LogP contribution in [-0.2, 0) is 0 Å². The van der Waals surface area contributed by atoms with E-state index in [9.17, 15) is 0 Å². The molecule has 0 saturated carbocycles. The van der Waals surface area contributed by atoms with Crippen LogP contribution in [0.15, 0.2) is 170 Å². The number of hydrogen-bond donors (Lipinski definition) is 1. The lowest BCUT2D eigenvalue weighted by Crippen LogP contribution is -2.33. The van der Waals surface area contributed by atoms with Gasteiger partial charge in [0, 0.05) is 47.3 Å². The molecule has 0 spiro atoms. The number of fused-ring (bicyclic) bond motifs is 10. The first-order chi connectivity index (χ1) is 25.2. The third kappa shape index (κ3) is 4.47. The Morgan fingerprint density at radius 3 is 2.04 bits per heavy atom. The van der Waals surface area contributed by atoms with Gasteiger partial charge in [0.2, 0.25) is 0 Å². The van der Waals surface area contributed by atoms with Crippen LogP contribution in [0.3, 0.4) is 0 Å². The van der Waals surface area contributed by atoms with E-state index in [1.54, 1.807) is 0 Å². The minimum absolute atomic E-state index is 0.334. The van der Waals surface area contributed by atoms with Crippen LogP contribution < -0.4 is 5.32 Å². The van der Waals surface area contributed by atoms with Gasteiger partial charge < -0.3 is 14.2 Å². The van der Waals surface area contributed by atoms with Gasteiger partial charge in [0.05, 0.1) is 5.56 Å². The van der Waals surface area contributed by atoms with Crippen LogP contribution in [-0.4, -0.2) is 11.7 Å². The highest BCUT2D eigenvalue weighted by atomic mass is 32.1. The van der Waals surface area contributed by atoms with Crippen molar-refractivity contribution < 1.29 is 8.83 Å². The predicted molar refractivity (Wildman–Crippen MR) is 211 cm³/mol. The van der Waals surface area contributed by atoms with Gasteiger partial charge in [0.25, 0.3) is 0 Å². The van der Waals surface area contributed by atoms with E-state index in [2.05, 4.69) is 115 Å². The van der Waals surface area contributed by atoms with Crippen molar-refractivity contribution in [3.8, 4) is 11.1 Å². The quantitative estimate of drug-likeness (QED) is 0.202. The molecule has 0 saturated heterocycles. The van der Waals surface area contributed by atoms with Crippen molar-refractivity contribution in [2.24, 2.45) is 9.98 Å². The number of furan rings is 2. The normalized spacial score (nSPS) is 14.9. The Balaban J connectivity index is 1.07. The first-order valence-electron chi connectivity index (χ1n) is 17.0. The lowest BCUT2D eigenvalue weighted by Gasteiger charge is -2.24. The van der Waals surface area contributed by atoms with Crippen molar-refractivity contribution in [2.45, 2.75) is 6.17 Å². The molecule has 5 nitrogen and oxygen atoms in total. The standard InChI is InChI=1S/C45H27N3O2S/c1-2-10-27(11-3-1)43-46-44(28-20-18-26(19-21-28)29-22-23-38-33(24-29)30-12-4-7-15-36(30)49-38)48-45(47-43)35-25-34-31-13-6-9-17-39(31)51-42(34)40-32-14-5-8-16-37(32)50-41(35)40/h1-25,43H,(H,46,47,48). The number of thiophene rings is 1. The van der Waals surface area contributed by atoms with Gasteiger partial charge in [0.1, 0.15) is 34.3 Å². The summed E-state index contributed by atoms with van der Waals surface area (Å²) in [5.41, 5.74) is 8.64. The van der Waals surface area contributed by atoms with Crippen molar-refractivity contribution in [2.75, 3.05) is 0 Å². The van der Waals surface area contributed by atoms with E-state index >= 15 is 0 Å². The van der Waals surface area contributed by atoms with E-state index in [0.717, 1.165) is 77.5 Å². The van der Waals surface area contributed by atoms with Gasteiger partial charge in [-0.05, 0) is 53.1 Å². The average Bonchev–Trinajstić information content (AvgIpc) is 3.89. The summed E-state index contributed by atoms with van der Waals surface area (Å²) in [5, 5.41) is 10.6. The molecule has 6 heteroatoms. The van der Waals surface area contributed by atoms with Gasteiger partial charge in [-0.25, -0.2) is 9.98 Å². The Hall–Kier alpha value is -6.50. The van der Waals surface area contributed by atoms with E-state index in [-0.39, 0.29) is 6.17 Å². The van der Waals surface area contributed by atoms with Gasteiger partial charge in [0.15, 0.2) is 5.84 Å². The van der Waals surface area contributed by atoms with E-state index in [1.165, 1.54) is 20.2 Å². The molecule has 4 heterocycles. The maximum absolute atomic E-state index is 6.68. The third-order valence-corrected chi connectivity index (χ3v) is 11.2. The molecule has 0 fully saturated rings. The molecule has 1 N–H and O–H groups in total. The highest BCUT2D eigenvalue weighted by molar-refractivity contribution is 7.26. The molecule has 0 bridgehead atoms. The molecule has 1 aliphatic rings. The van der Waals surface area contributed by atoms with E-state index in [0.29, 0.717) is 5.84 Å². The van der Waals surface area contributed by atoms with Gasteiger partial charge in [-0.2, -0.15) is 0 Å². The lowest BCUT2D eigenvalue weighted by atomic mass is 10.0. The summed E-state index contributed by atoms with van der Waals surface area (Å²) in [6.45, 7) is 0. The molecule has 1 aliphatic heterocycles. The minimum atomic E-state index is -0.334. The Morgan fingerprint density at radius 2 is 1.20 bits per heavy atom. The maximum Gasteiger partial charge on any atom is 0.159 e. The fourth-order valence-corrected chi connectivity index (χ4v) is 8.72. The number of rotatable bonds is 4. The summed E-state index contributed by atoms with van der Waals surface area (Å²) < 4.78 is 15.2. The lowest BCUT2D eigenvalue weighted by molar-refractivity contribution is 0.660. The highest BCUT2D eigenvalue weighted by Crippen LogP contribution is 2.44. The summed E-state index contributed by atoms with van der Waals surface area (Å²) in [6, 6.07) is 52.6. The van der Waals surface area contributed by atoms with Crippen molar-refractivity contribution in [3.63, 3.8) is 0 Å². The second kappa shape index (κ2) is 11.0. The van der Waals surface area contributed by atoms with Crippen LogP contribution in [0.4, 0.5) is 0 Å². The maximum atomic E-state index is 6.68. The summed E-state index contributed by atoms with van der Waals surface area (Å²) in [4.78, 5) is 10.4.